The zero-order chi connectivity index (χ0) is 22.1. The first kappa shape index (κ1) is 20.2. The molecule has 0 spiro atoms. The highest BCUT2D eigenvalue weighted by atomic mass is 16.2. The topological polar surface area (TPSA) is 67.2 Å². The summed E-state index contributed by atoms with van der Waals surface area (Å²) in [7, 11) is 0. The van der Waals surface area contributed by atoms with Crippen LogP contribution in [0.2, 0.25) is 0 Å². The van der Waals surface area contributed by atoms with Crippen molar-refractivity contribution >= 4 is 22.5 Å². The summed E-state index contributed by atoms with van der Waals surface area (Å²) >= 11 is 0. The number of nitrogens with zero attached hydrogens (tertiary/aromatic N) is 6. The van der Waals surface area contributed by atoms with Crippen molar-refractivity contribution in [3.8, 4) is 5.82 Å². The molecule has 5 rings (SSSR count). The number of hydrogen-bond donors (Lipinski definition) is 0. The minimum absolute atomic E-state index is 0.173. The summed E-state index contributed by atoms with van der Waals surface area (Å²) in [6.45, 7) is 6.84. The Morgan fingerprint density at radius 1 is 0.906 bits per heavy atom. The number of fused-ring (bicyclic) bond motifs is 1. The molecule has 1 aliphatic rings. The molecule has 7 heteroatoms. The maximum absolute atomic E-state index is 13.0. The molecule has 1 saturated heterocycles. The largest absolute Gasteiger partial charge is 0.353 e. The monoisotopic (exact) mass is 426 g/mol. The number of anilines is 1. The molecule has 1 amide bonds. The van der Waals surface area contributed by atoms with E-state index >= 15 is 0 Å². The van der Waals surface area contributed by atoms with Gasteiger partial charge in [-0.2, -0.15) is 5.10 Å². The average Bonchev–Trinajstić information content (AvgIpc) is 3.17. The molecule has 2 aromatic carbocycles. The van der Waals surface area contributed by atoms with Crippen LogP contribution in [0.25, 0.3) is 16.6 Å². The van der Waals surface area contributed by atoms with Crippen LogP contribution < -0.4 is 4.90 Å². The van der Waals surface area contributed by atoms with Crippen molar-refractivity contribution in [2.24, 2.45) is 0 Å². The van der Waals surface area contributed by atoms with Crippen molar-refractivity contribution in [3.05, 3.63) is 77.9 Å². The van der Waals surface area contributed by atoms with Crippen molar-refractivity contribution in [1.29, 1.82) is 0 Å². The van der Waals surface area contributed by atoms with Crippen LogP contribution in [0.5, 0.6) is 0 Å². The lowest BCUT2D eigenvalue weighted by Crippen LogP contribution is -2.49. The third-order valence-corrected chi connectivity index (χ3v) is 6.04. The number of benzene rings is 2. The van der Waals surface area contributed by atoms with Crippen LogP contribution in [0.15, 0.2) is 60.9 Å². The Kier molecular flexibility index (Phi) is 5.31. The summed E-state index contributed by atoms with van der Waals surface area (Å²) in [5, 5.41) is 6.84. The third-order valence-electron chi connectivity index (χ3n) is 6.04. The molecule has 4 aromatic rings. The first-order valence-corrected chi connectivity index (χ1v) is 10.9. The summed E-state index contributed by atoms with van der Waals surface area (Å²) in [5.41, 5.74) is 3.08. The fraction of sp³-hybridized carbons (Fsp3) is 0.280. The Morgan fingerprint density at radius 2 is 1.66 bits per heavy atom. The van der Waals surface area contributed by atoms with E-state index in [4.69, 9.17) is 0 Å². The Labute approximate surface area is 187 Å². The van der Waals surface area contributed by atoms with E-state index < -0.39 is 0 Å². The predicted octanol–water partition coefficient (Wildman–Crippen LogP) is 3.32. The molecule has 0 bridgehead atoms. The highest BCUT2D eigenvalue weighted by Gasteiger charge is 2.23. The van der Waals surface area contributed by atoms with Crippen LogP contribution in [0.4, 0.5) is 5.82 Å². The zero-order valence-corrected chi connectivity index (χ0v) is 18.4. The van der Waals surface area contributed by atoms with Gasteiger partial charge in [-0.1, -0.05) is 42.5 Å². The number of amides is 1. The fourth-order valence-electron chi connectivity index (χ4n) is 4.39. The Morgan fingerprint density at radius 3 is 2.44 bits per heavy atom. The van der Waals surface area contributed by atoms with Crippen LogP contribution in [-0.4, -0.2) is 56.7 Å². The zero-order valence-electron chi connectivity index (χ0n) is 18.4. The third kappa shape index (κ3) is 3.93. The van der Waals surface area contributed by atoms with E-state index in [9.17, 15) is 4.79 Å². The molecule has 1 fully saturated rings. The molecule has 1 aliphatic heterocycles. The highest BCUT2D eigenvalue weighted by molar-refractivity contribution is 5.90. The van der Waals surface area contributed by atoms with E-state index in [1.165, 1.54) is 5.39 Å². The number of hydrogen-bond acceptors (Lipinski definition) is 5. The van der Waals surface area contributed by atoms with Crippen LogP contribution in [-0.2, 0) is 11.2 Å². The second kappa shape index (κ2) is 8.42. The number of carbonyl (C=O) groups excluding carboxylic acids is 1. The van der Waals surface area contributed by atoms with E-state index in [0.717, 1.165) is 47.1 Å². The predicted molar refractivity (Wildman–Crippen MR) is 125 cm³/mol. The van der Waals surface area contributed by atoms with Gasteiger partial charge in [-0.05, 0) is 36.2 Å². The molecule has 0 atom stereocenters. The van der Waals surface area contributed by atoms with E-state index in [0.29, 0.717) is 19.5 Å². The van der Waals surface area contributed by atoms with Gasteiger partial charge in [-0.25, -0.2) is 14.6 Å². The Bertz CT molecular complexity index is 1270. The Hall–Kier alpha value is -3.74. The van der Waals surface area contributed by atoms with Gasteiger partial charge < -0.3 is 9.80 Å². The van der Waals surface area contributed by atoms with Gasteiger partial charge in [0.05, 0.1) is 12.1 Å². The van der Waals surface area contributed by atoms with E-state index in [1.54, 1.807) is 6.33 Å². The molecular formula is C25H26N6O. The minimum Gasteiger partial charge on any atom is -0.353 e. The molecular weight excluding hydrogens is 400 g/mol. The van der Waals surface area contributed by atoms with Gasteiger partial charge >= 0.3 is 0 Å². The van der Waals surface area contributed by atoms with Gasteiger partial charge in [0.2, 0.25) is 5.91 Å². The summed E-state index contributed by atoms with van der Waals surface area (Å²) < 4.78 is 1.84. The van der Waals surface area contributed by atoms with Crippen molar-refractivity contribution in [3.63, 3.8) is 0 Å². The van der Waals surface area contributed by atoms with Crippen molar-refractivity contribution < 1.29 is 4.79 Å². The molecule has 0 saturated carbocycles. The lowest BCUT2D eigenvalue weighted by atomic mass is 10.0. The molecule has 162 valence electrons. The second-order valence-corrected chi connectivity index (χ2v) is 8.26. The minimum atomic E-state index is 0.173. The van der Waals surface area contributed by atoms with Crippen LogP contribution in [0.3, 0.4) is 0 Å². The number of aromatic nitrogens is 4. The van der Waals surface area contributed by atoms with Crippen LogP contribution in [0.1, 0.15) is 17.0 Å². The lowest BCUT2D eigenvalue weighted by molar-refractivity contribution is -0.130. The van der Waals surface area contributed by atoms with Gasteiger partial charge in [0.1, 0.15) is 12.1 Å². The van der Waals surface area contributed by atoms with E-state index in [-0.39, 0.29) is 5.91 Å². The van der Waals surface area contributed by atoms with Crippen LogP contribution >= 0.6 is 0 Å². The quantitative estimate of drug-likeness (QED) is 0.501. The molecule has 32 heavy (non-hydrogen) atoms. The highest BCUT2D eigenvalue weighted by Crippen LogP contribution is 2.21. The fourth-order valence-corrected chi connectivity index (χ4v) is 4.39. The summed E-state index contributed by atoms with van der Waals surface area (Å²) in [6.07, 6.45) is 2.01. The van der Waals surface area contributed by atoms with Gasteiger partial charge in [-0.15, -0.1) is 0 Å². The first-order chi connectivity index (χ1) is 15.6. The maximum atomic E-state index is 13.0. The van der Waals surface area contributed by atoms with Gasteiger partial charge in [-0.3, -0.25) is 4.79 Å². The van der Waals surface area contributed by atoms with Gasteiger partial charge in [0, 0.05) is 37.9 Å². The summed E-state index contributed by atoms with van der Waals surface area (Å²) in [4.78, 5) is 26.0. The number of carbonyl (C=O) groups is 1. The molecule has 0 N–H and O–H groups in total. The molecule has 7 nitrogen and oxygen atoms in total. The average molecular weight is 427 g/mol. The van der Waals surface area contributed by atoms with Crippen molar-refractivity contribution in [2.45, 2.75) is 20.3 Å². The van der Waals surface area contributed by atoms with Crippen molar-refractivity contribution in [1.82, 2.24) is 24.6 Å². The molecule has 0 aliphatic carbocycles. The summed E-state index contributed by atoms with van der Waals surface area (Å²) in [6, 6.07) is 18.4. The standard InChI is InChI=1S/C25H26N6O/c1-18-14-19(2)31(28-18)24-16-23(26-17-27-24)29-10-12-30(13-11-29)25(32)15-21-8-5-7-20-6-3-4-9-22(20)21/h3-9,14,16-17H,10-13,15H2,1-2H3. The lowest BCUT2D eigenvalue weighted by Gasteiger charge is -2.35. The van der Waals surface area contributed by atoms with Crippen molar-refractivity contribution in [2.75, 3.05) is 31.1 Å². The van der Waals surface area contributed by atoms with E-state index in [1.807, 2.05) is 53.8 Å². The number of piperazine rings is 1. The van der Waals surface area contributed by atoms with Crippen LogP contribution in [0, 0.1) is 13.8 Å². The SMILES string of the molecule is Cc1cc(C)n(-c2cc(N3CCN(C(=O)Cc4cccc5ccccc45)CC3)ncn2)n1. The molecule has 0 radical (unpaired) electrons. The van der Waals surface area contributed by atoms with E-state index in [2.05, 4.69) is 44.2 Å². The molecule has 2 aromatic heterocycles. The van der Waals surface area contributed by atoms with Gasteiger partial charge in [0.25, 0.3) is 0 Å². The first-order valence-electron chi connectivity index (χ1n) is 10.9. The molecule has 3 heterocycles. The Balaban J connectivity index is 1.26. The van der Waals surface area contributed by atoms with Gasteiger partial charge in [0.15, 0.2) is 5.82 Å². The normalized spacial score (nSPS) is 14.2. The number of aryl methyl sites for hydroxylation is 2. The summed E-state index contributed by atoms with van der Waals surface area (Å²) in [5.74, 6) is 1.80. The smallest absolute Gasteiger partial charge is 0.227 e. The number of rotatable bonds is 4. The maximum Gasteiger partial charge on any atom is 0.227 e. The second-order valence-electron chi connectivity index (χ2n) is 8.26. The molecule has 0 unspecified atom stereocenters.